The van der Waals surface area contributed by atoms with Crippen LogP contribution in [0.1, 0.15) is 36.1 Å². The van der Waals surface area contributed by atoms with Crippen molar-refractivity contribution in [1.82, 2.24) is 10.3 Å². The Bertz CT molecular complexity index is 456. The Kier molecular flexibility index (Phi) is 4.16. The van der Waals surface area contributed by atoms with Crippen LogP contribution in [0.3, 0.4) is 0 Å². The summed E-state index contributed by atoms with van der Waals surface area (Å²) in [5.41, 5.74) is 2.61. The molecule has 0 aliphatic carbocycles. The van der Waals surface area contributed by atoms with E-state index in [0.29, 0.717) is 11.6 Å². The van der Waals surface area contributed by atoms with Crippen molar-refractivity contribution in [2.75, 3.05) is 18.4 Å². The third-order valence-electron chi connectivity index (χ3n) is 3.40. The molecule has 0 amide bonds. The van der Waals surface area contributed by atoms with E-state index in [2.05, 4.69) is 21.7 Å². The van der Waals surface area contributed by atoms with Crippen LogP contribution >= 0.6 is 0 Å². The fraction of sp³-hybridized carbons (Fsp3) is 0.571. The normalized spacial score (nSPS) is 18.6. The number of hydrogen-bond donors (Lipinski definition) is 2. The van der Waals surface area contributed by atoms with Crippen LogP contribution < -0.4 is 10.6 Å². The van der Waals surface area contributed by atoms with Crippen molar-refractivity contribution >= 4 is 5.82 Å². The number of nitrogens with one attached hydrogen (secondary N) is 2. The van der Waals surface area contributed by atoms with E-state index < -0.39 is 0 Å². The summed E-state index contributed by atoms with van der Waals surface area (Å²) >= 11 is 0. The average molecular weight is 244 g/mol. The molecular formula is C14H20N4. The second-order valence-electron chi connectivity index (χ2n) is 4.92. The standard InChI is InChI=1S/C14H20N4/c1-10-8-11(2)18-14(13(10)9-15)17-7-5-12-4-3-6-16-12/h8,12,16H,3-7H2,1-2H3,(H,17,18). The fourth-order valence-electron chi connectivity index (χ4n) is 2.47. The van der Waals surface area contributed by atoms with E-state index in [9.17, 15) is 0 Å². The third-order valence-corrected chi connectivity index (χ3v) is 3.40. The predicted molar refractivity (Wildman–Crippen MR) is 72.6 cm³/mol. The summed E-state index contributed by atoms with van der Waals surface area (Å²) in [7, 11) is 0. The summed E-state index contributed by atoms with van der Waals surface area (Å²) in [5.74, 6) is 0.730. The highest BCUT2D eigenvalue weighted by molar-refractivity contribution is 5.56. The minimum Gasteiger partial charge on any atom is -0.369 e. The van der Waals surface area contributed by atoms with E-state index in [1.165, 1.54) is 12.8 Å². The molecule has 1 aliphatic heterocycles. The van der Waals surface area contributed by atoms with Gasteiger partial charge in [-0.3, -0.25) is 0 Å². The SMILES string of the molecule is Cc1cc(C)c(C#N)c(NCCC2CCCN2)n1. The molecule has 1 saturated heterocycles. The van der Waals surface area contributed by atoms with Gasteiger partial charge in [-0.2, -0.15) is 5.26 Å². The lowest BCUT2D eigenvalue weighted by atomic mass is 10.1. The van der Waals surface area contributed by atoms with Crippen LogP contribution in [0.15, 0.2) is 6.07 Å². The van der Waals surface area contributed by atoms with Gasteiger partial charge in [0.15, 0.2) is 0 Å². The number of nitriles is 1. The number of anilines is 1. The minimum absolute atomic E-state index is 0.619. The van der Waals surface area contributed by atoms with Crippen LogP contribution in [-0.4, -0.2) is 24.1 Å². The van der Waals surface area contributed by atoms with Gasteiger partial charge in [-0.25, -0.2) is 4.98 Å². The summed E-state index contributed by atoms with van der Waals surface area (Å²) in [5, 5.41) is 15.9. The number of rotatable bonds is 4. The third kappa shape index (κ3) is 2.99. The zero-order valence-corrected chi connectivity index (χ0v) is 11.1. The van der Waals surface area contributed by atoms with Gasteiger partial charge in [-0.1, -0.05) is 0 Å². The van der Waals surface area contributed by atoms with Gasteiger partial charge in [-0.15, -0.1) is 0 Å². The summed E-state index contributed by atoms with van der Waals surface area (Å²) in [6, 6.07) is 4.79. The first kappa shape index (κ1) is 12.8. The zero-order valence-electron chi connectivity index (χ0n) is 11.1. The van der Waals surface area contributed by atoms with Gasteiger partial charge in [0.05, 0.1) is 5.56 Å². The quantitative estimate of drug-likeness (QED) is 0.851. The smallest absolute Gasteiger partial charge is 0.144 e. The van der Waals surface area contributed by atoms with E-state index in [-0.39, 0.29) is 0 Å². The Morgan fingerprint density at radius 3 is 3.06 bits per heavy atom. The molecule has 0 radical (unpaired) electrons. The van der Waals surface area contributed by atoms with Crippen LogP contribution in [0.25, 0.3) is 0 Å². The molecule has 1 aliphatic rings. The zero-order chi connectivity index (χ0) is 13.0. The summed E-state index contributed by atoms with van der Waals surface area (Å²) in [6.07, 6.45) is 3.61. The monoisotopic (exact) mass is 244 g/mol. The first-order valence-corrected chi connectivity index (χ1v) is 6.56. The van der Waals surface area contributed by atoms with Crippen molar-refractivity contribution in [3.8, 4) is 6.07 Å². The number of nitrogens with zero attached hydrogens (tertiary/aromatic N) is 2. The first-order valence-electron chi connectivity index (χ1n) is 6.56. The maximum atomic E-state index is 9.16. The van der Waals surface area contributed by atoms with Crippen molar-refractivity contribution in [1.29, 1.82) is 5.26 Å². The van der Waals surface area contributed by atoms with E-state index in [1.807, 2.05) is 19.9 Å². The van der Waals surface area contributed by atoms with Gasteiger partial charge in [-0.05, 0) is 51.3 Å². The lowest BCUT2D eigenvalue weighted by Gasteiger charge is -2.13. The molecule has 0 aromatic carbocycles. The molecule has 4 nitrogen and oxygen atoms in total. The second-order valence-corrected chi connectivity index (χ2v) is 4.92. The molecule has 1 aromatic rings. The summed E-state index contributed by atoms with van der Waals surface area (Å²) < 4.78 is 0. The first-order chi connectivity index (χ1) is 8.70. The van der Waals surface area contributed by atoms with Crippen LogP contribution in [-0.2, 0) is 0 Å². The molecule has 0 saturated carbocycles. The Balaban J connectivity index is 1.97. The van der Waals surface area contributed by atoms with Crippen LogP contribution in [0.4, 0.5) is 5.82 Å². The van der Waals surface area contributed by atoms with Gasteiger partial charge in [0, 0.05) is 18.3 Å². The second kappa shape index (κ2) is 5.83. The molecule has 1 aromatic heterocycles. The molecule has 96 valence electrons. The number of hydrogen-bond acceptors (Lipinski definition) is 4. The van der Waals surface area contributed by atoms with Crippen molar-refractivity contribution in [2.24, 2.45) is 0 Å². The largest absolute Gasteiger partial charge is 0.369 e. The molecule has 0 spiro atoms. The molecule has 18 heavy (non-hydrogen) atoms. The van der Waals surface area contributed by atoms with Gasteiger partial charge in [0.2, 0.25) is 0 Å². The van der Waals surface area contributed by atoms with Gasteiger partial charge in [0.1, 0.15) is 11.9 Å². The highest BCUT2D eigenvalue weighted by atomic mass is 15.0. The van der Waals surface area contributed by atoms with Crippen LogP contribution in [0, 0.1) is 25.2 Å². The predicted octanol–water partition coefficient (Wildman–Crippen LogP) is 2.12. The Labute approximate surface area is 108 Å². The van der Waals surface area contributed by atoms with Gasteiger partial charge in [0.25, 0.3) is 0 Å². The van der Waals surface area contributed by atoms with Crippen molar-refractivity contribution in [2.45, 2.75) is 39.2 Å². The lowest BCUT2D eigenvalue weighted by Crippen LogP contribution is -2.24. The number of pyridine rings is 1. The molecule has 1 unspecified atom stereocenters. The van der Waals surface area contributed by atoms with Gasteiger partial charge >= 0.3 is 0 Å². The lowest BCUT2D eigenvalue weighted by molar-refractivity contribution is 0.574. The topological polar surface area (TPSA) is 60.7 Å². The molecule has 2 heterocycles. The molecule has 0 bridgehead atoms. The van der Waals surface area contributed by atoms with Gasteiger partial charge < -0.3 is 10.6 Å². The molecule has 2 N–H and O–H groups in total. The minimum atomic E-state index is 0.619. The highest BCUT2D eigenvalue weighted by Crippen LogP contribution is 2.18. The molecule has 4 heteroatoms. The maximum absolute atomic E-state index is 9.16. The Hall–Kier alpha value is -1.60. The van der Waals surface area contributed by atoms with Crippen molar-refractivity contribution in [3.05, 3.63) is 22.9 Å². The van der Waals surface area contributed by atoms with Crippen molar-refractivity contribution in [3.63, 3.8) is 0 Å². The Morgan fingerprint density at radius 2 is 2.39 bits per heavy atom. The number of aryl methyl sites for hydroxylation is 2. The molecular weight excluding hydrogens is 224 g/mol. The van der Waals surface area contributed by atoms with Crippen molar-refractivity contribution < 1.29 is 0 Å². The summed E-state index contributed by atoms with van der Waals surface area (Å²) in [4.78, 5) is 4.41. The molecule has 1 atom stereocenters. The average Bonchev–Trinajstić information content (AvgIpc) is 2.81. The van der Waals surface area contributed by atoms with E-state index in [0.717, 1.165) is 36.6 Å². The van der Waals surface area contributed by atoms with E-state index >= 15 is 0 Å². The summed E-state index contributed by atoms with van der Waals surface area (Å²) in [6.45, 7) is 5.91. The van der Waals surface area contributed by atoms with E-state index in [4.69, 9.17) is 5.26 Å². The molecule has 2 rings (SSSR count). The van der Waals surface area contributed by atoms with E-state index in [1.54, 1.807) is 0 Å². The van der Waals surface area contributed by atoms with Crippen LogP contribution in [0.2, 0.25) is 0 Å². The fourth-order valence-corrected chi connectivity index (χ4v) is 2.47. The Morgan fingerprint density at radius 1 is 1.56 bits per heavy atom. The number of aromatic nitrogens is 1. The van der Waals surface area contributed by atoms with Crippen LogP contribution in [0.5, 0.6) is 0 Å². The molecule has 1 fully saturated rings. The highest BCUT2D eigenvalue weighted by Gasteiger charge is 2.14. The maximum Gasteiger partial charge on any atom is 0.144 e.